The second-order valence-corrected chi connectivity index (χ2v) is 5.93. The predicted octanol–water partition coefficient (Wildman–Crippen LogP) is 2.38. The topological polar surface area (TPSA) is 32.3 Å². The summed E-state index contributed by atoms with van der Waals surface area (Å²) in [7, 11) is 0. The van der Waals surface area contributed by atoms with Gasteiger partial charge in [0.25, 0.3) is 0 Å². The lowest BCUT2D eigenvalue weighted by atomic mass is 10.1. The van der Waals surface area contributed by atoms with E-state index in [4.69, 9.17) is 0 Å². The van der Waals surface area contributed by atoms with Gasteiger partial charge < -0.3 is 10.2 Å². The van der Waals surface area contributed by atoms with Crippen LogP contribution in [0.3, 0.4) is 0 Å². The minimum atomic E-state index is 0.156. The SMILES string of the molecule is CCN1CCC(NC(=O)CSc2ccccc2)CC1. The fourth-order valence-electron chi connectivity index (χ4n) is 2.33. The molecule has 2 rings (SSSR count). The molecule has 1 N–H and O–H groups in total. The Labute approximate surface area is 119 Å². The van der Waals surface area contributed by atoms with Crippen molar-refractivity contribution in [3.8, 4) is 0 Å². The van der Waals surface area contributed by atoms with Crippen LogP contribution in [0.15, 0.2) is 35.2 Å². The van der Waals surface area contributed by atoms with Crippen LogP contribution >= 0.6 is 11.8 Å². The lowest BCUT2D eigenvalue weighted by molar-refractivity contribution is -0.119. The zero-order valence-corrected chi connectivity index (χ0v) is 12.3. The van der Waals surface area contributed by atoms with E-state index in [-0.39, 0.29) is 5.91 Å². The van der Waals surface area contributed by atoms with E-state index < -0.39 is 0 Å². The molecule has 0 atom stereocenters. The molecule has 0 spiro atoms. The summed E-state index contributed by atoms with van der Waals surface area (Å²) in [4.78, 5) is 15.5. The van der Waals surface area contributed by atoms with Crippen LogP contribution in [-0.2, 0) is 4.79 Å². The van der Waals surface area contributed by atoms with E-state index in [2.05, 4.69) is 17.1 Å². The smallest absolute Gasteiger partial charge is 0.230 e. The molecule has 1 fully saturated rings. The molecule has 19 heavy (non-hydrogen) atoms. The molecular formula is C15H22N2OS. The Morgan fingerprint density at radius 1 is 1.32 bits per heavy atom. The Bertz CT molecular complexity index is 388. The zero-order valence-electron chi connectivity index (χ0n) is 11.5. The number of hydrogen-bond donors (Lipinski definition) is 1. The minimum absolute atomic E-state index is 0.156. The molecule has 1 aliphatic heterocycles. The third-order valence-corrected chi connectivity index (χ3v) is 4.53. The highest BCUT2D eigenvalue weighted by Crippen LogP contribution is 2.17. The summed E-state index contributed by atoms with van der Waals surface area (Å²) in [5, 5.41) is 3.15. The second kappa shape index (κ2) is 7.56. The van der Waals surface area contributed by atoms with Crippen molar-refractivity contribution in [1.29, 1.82) is 0 Å². The number of hydrogen-bond acceptors (Lipinski definition) is 3. The van der Waals surface area contributed by atoms with E-state index >= 15 is 0 Å². The maximum Gasteiger partial charge on any atom is 0.230 e. The average molecular weight is 278 g/mol. The largest absolute Gasteiger partial charge is 0.353 e. The fraction of sp³-hybridized carbons (Fsp3) is 0.533. The summed E-state index contributed by atoms with van der Waals surface area (Å²) in [6.45, 7) is 5.51. The molecule has 0 unspecified atom stereocenters. The first-order valence-electron chi connectivity index (χ1n) is 6.97. The van der Waals surface area contributed by atoms with E-state index in [1.165, 1.54) is 0 Å². The van der Waals surface area contributed by atoms with Gasteiger partial charge in [0.15, 0.2) is 0 Å². The zero-order chi connectivity index (χ0) is 13.5. The number of thioether (sulfide) groups is 1. The number of carbonyl (C=O) groups is 1. The Balaban J connectivity index is 1.67. The van der Waals surface area contributed by atoms with Gasteiger partial charge in [-0.3, -0.25) is 4.79 Å². The molecule has 0 saturated carbocycles. The fourth-order valence-corrected chi connectivity index (χ4v) is 3.06. The van der Waals surface area contributed by atoms with Crippen LogP contribution in [0.5, 0.6) is 0 Å². The average Bonchev–Trinajstić information content (AvgIpc) is 2.47. The van der Waals surface area contributed by atoms with Crippen molar-refractivity contribution in [2.45, 2.75) is 30.7 Å². The van der Waals surface area contributed by atoms with Crippen LogP contribution in [0.25, 0.3) is 0 Å². The van der Waals surface area contributed by atoms with Gasteiger partial charge in [-0.25, -0.2) is 0 Å². The summed E-state index contributed by atoms with van der Waals surface area (Å²) in [5.41, 5.74) is 0. The highest BCUT2D eigenvalue weighted by atomic mass is 32.2. The van der Waals surface area contributed by atoms with Crippen molar-refractivity contribution < 1.29 is 4.79 Å². The third-order valence-electron chi connectivity index (χ3n) is 3.51. The van der Waals surface area contributed by atoms with E-state index in [9.17, 15) is 4.79 Å². The first-order valence-corrected chi connectivity index (χ1v) is 7.96. The van der Waals surface area contributed by atoms with Crippen LogP contribution in [0.1, 0.15) is 19.8 Å². The van der Waals surface area contributed by atoms with Gasteiger partial charge in [-0.2, -0.15) is 0 Å². The van der Waals surface area contributed by atoms with Crippen LogP contribution in [0, 0.1) is 0 Å². The molecule has 0 radical (unpaired) electrons. The third kappa shape index (κ3) is 4.88. The van der Waals surface area contributed by atoms with Crippen molar-refractivity contribution in [2.75, 3.05) is 25.4 Å². The van der Waals surface area contributed by atoms with Gasteiger partial charge in [-0.15, -0.1) is 11.8 Å². The van der Waals surface area contributed by atoms with Crippen molar-refractivity contribution in [3.63, 3.8) is 0 Å². The van der Waals surface area contributed by atoms with E-state index in [0.29, 0.717) is 11.8 Å². The number of nitrogens with one attached hydrogen (secondary N) is 1. The highest BCUT2D eigenvalue weighted by Gasteiger charge is 2.19. The van der Waals surface area contributed by atoms with Crippen molar-refractivity contribution >= 4 is 17.7 Å². The van der Waals surface area contributed by atoms with Gasteiger partial charge >= 0.3 is 0 Å². The Morgan fingerprint density at radius 2 is 2.00 bits per heavy atom. The molecule has 0 bridgehead atoms. The van der Waals surface area contributed by atoms with Crippen LogP contribution in [-0.4, -0.2) is 42.2 Å². The van der Waals surface area contributed by atoms with E-state index in [1.54, 1.807) is 11.8 Å². The number of piperidine rings is 1. The van der Waals surface area contributed by atoms with E-state index in [1.807, 2.05) is 30.3 Å². The summed E-state index contributed by atoms with van der Waals surface area (Å²) >= 11 is 1.60. The summed E-state index contributed by atoms with van der Waals surface area (Å²) in [6, 6.07) is 10.4. The van der Waals surface area contributed by atoms with Crippen molar-refractivity contribution in [1.82, 2.24) is 10.2 Å². The maximum absolute atomic E-state index is 11.9. The highest BCUT2D eigenvalue weighted by molar-refractivity contribution is 8.00. The molecular weight excluding hydrogens is 256 g/mol. The Kier molecular flexibility index (Phi) is 5.73. The normalized spacial score (nSPS) is 17.3. The number of rotatable bonds is 5. The van der Waals surface area contributed by atoms with Gasteiger partial charge in [0.1, 0.15) is 0 Å². The minimum Gasteiger partial charge on any atom is -0.353 e. The second-order valence-electron chi connectivity index (χ2n) is 4.88. The first-order chi connectivity index (χ1) is 9.28. The molecule has 1 aliphatic rings. The van der Waals surface area contributed by atoms with Gasteiger partial charge in [-0.05, 0) is 31.5 Å². The molecule has 1 saturated heterocycles. The predicted molar refractivity (Wildman–Crippen MR) is 80.4 cm³/mol. The maximum atomic E-state index is 11.9. The molecule has 1 heterocycles. The summed E-state index contributed by atoms with van der Waals surface area (Å²) in [5.74, 6) is 0.668. The molecule has 0 aliphatic carbocycles. The van der Waals surface area contributed by atoms with Crippen LogP contribution < -0.4 is 5.32 Å². The lowest BCUT2D eigenvalue weighted by Gasteiger charge is -2.31. The quantitative estimate of drug-likeness (QED) is 0.839. The molecule has 3 nitrogen and oxygen atoms in total. The summed E-state index contributed by atoms with van der Waals surface area (Å²) < 4.78 is 0. The van der Waals surface area contributed by atoms with E-state index in [0.717, 1.165) is 37.4 Å². The molecule has 0 aromatic heterocycles. The Hall–Kier alpha value is -1.00. The van der Waals surface area contributed by atoms with Crippen molar-refractivity contribution in [2.24, 2.45) is 0 Å². The van der Waals surface area contributed by atoms with Crippen molar-refractivity contribution in [3.05, 3.63) is 30.3 Å². The number of likely N-dealkylation sites (tertiary alicyclic amines) is 1. The molecule has 1 amide bonds. The van der Waals surface area contributed by atoms with Crippen LogP contribution in [0.4, 0.5) is 0 Å². The van der Waals surface area contributed by atoms with Gasteiger partial charge in [-0.1, -0.05) is 25.1 Å². The molecule has 4 heteroatoms. The standard InChI is InChI=1S/C15H22N2OS/c1-2-17-10-8-13(9-11-17)16-15(18)12-19-14-6-4-3-5-7-14/h3-7,13H,2,8-12H2,1H3,(H,16,18). The van der Waals surface area contributed by atoms with Gasteiger partial charge in [0, 0.05) is 24.0 Å². The van der Waals surface area contributed by atoms with Gasteiger partial charge in [0.05, 0.1) is 5.75 Å². The number of nitrogens with zero attached hydrogens (tertiary/aromatic N) is 1. The summed E-state index contributed by atoms with van der Waals surface area (Å²) in [6.07, 6.45) is 2.16. The molecule has 104 valence electrons. The lowest BCUT2D eigenvalue weighted by Crippen LogP contribution is -2.45. The number of carbonyl (C=O) groups excluding carboxylic acids is 1. The number of benzene rings is 1. The molecule has 1 aromatic carbocycles. The van der Waals surface area contributed by atoms with Gasteiger partial charge in [0.2, 0.25) is 5.91 Å². The molecule has 1 aromatic rings. The van der Waals surface area contributed by atoms with Crippen LogP contribution in [0.2, 0.25) is 0 Å². The number of amides is 1. The Morgan fingerprint density at radius 3 is 2.63 bits per heavy atom. The first kappa shape index (κ1) is 14.4. The monoisotopic (exact) mass is 278 g/mol.